The second-order valence-corrected chi connectivity index (χ2v) is 5.65. The van der Waals surface area contributed by atoms with Crippen molar-refractivity contribution in [2.45, 2.75) is 33.2 Å². The molecule has 0 aliphatic heterocycles. The van der Waals surface area contributed by atoms with Gasteiger partial charge in [0, 0.05) is 9.61 Å². The smallest absolute Gasteiger partial charge is 0.0576 e. The predicted molar refractivity (Wildman–Crippen MR) is 76.1 cm³/mol. The number of halogens is 1. The molecule has 84 valence electrons. The van der Waals surface area contributed by atoms with Crippen LogP contribution in [-0.4, -0.2) is 6.04 Å². The fourth-order valence-electron chi connectivity index (χ4n) is 1.70. The third kappa shape index (κ3) is 4.28. The highest BCUT2D eigenvalue weighted by molar-refractivity contribution is 14.1. The highest BCUT2D eigenvalue weighted by Crippen LogP contribution is 2.22. The molecule has 2 nitrogen and oxygen atoms in total. The van der Waals surface area contributed by atoms with E-state index in [9.17, 15) is 0 Å². The Hall–Kier alpha value is -0.450. The van der Waals surface area contributed by atoms with E-state index in [2.05, 4.69) is 54.7 Å². The number of rotatable bonds is 4. The number of nitrogens with two attached hydrogens (primary N) is 1. The maximum atomic E-state index is 5.93. The van der Waals surface area contributed by atoms with Crippen LogP contribution in [0.25, 0.3) is 0 Å². The Kier molecular flexibility index (Phi) is 4.70. The average Bonchev–Trinajstić information content (AvgIpc) is 2.08. The van der Waals surface area contributed by atoms with Gasteiger partial charge in [0.05, 0.1) is 11.4 Å². The minimum atomic E-state index is 0.465. The van der Waals surface area contributed by atoms with Crippen LogP contribution in [0.1, 0.15) is 27.2 Å². The summed E-state index contributed by atoms with van der Waals surface area (Å²) in [5.41, 5.74) is 7.81. The van der Waals surface area contributed by atoms with Crippen LogP contribution >= 0.6 is 22.6 Å². The SMILES string of the molecule is CC(C)CC(C)Nc1ccc(I)cc1N. The molecule has 0 heterocycles. The zero-order valence-corrected chi connectivity index (χ0v) is 11.7. The van der Waals surface area contributed by atoms with Gasteiger partial charge in [0.2, 0.25) is 0 Å². The highest BCUT2D eigenvalue weighted by Gasteiger charge is 2.06. The molecule has 0 amide bonds. The lowest BCUT2D eigenvalue weighted by Gasteiger charge is -2.18. The van der Waals surface area contributed by atoms with Gasteiger partial charge in [0.25, 0.3) is 0 Å². The quantitative estimate of drug-likeness (QED) is 0.656. The lowest BCUT2D eigenvalue weighted by atomic mass is 10.0. The van der Waals surface area contributed by atoms with Crippen LogP contribution in [0.5, 0.6) is 0 Å². The van der Waals surface area contributed by atoms with Crippen LogP contribution in [0.2, 0.25) is 0 Å². The largest absolute Gasteiger partial charge is 0.397 e. The van der Waals surface area contributed by atoms with Gasteiger partial charge < -0.3 is 11.1 Å². The fraction of sp³-hybridized carbons (Fsp3) is 0.500. The summed E-state index contributed by atoms with van der Waals surface area (Å²) in [6.07, 6.45) is 1.16. The summed E-state index contributed by atoms with van der Waals surface area (Å²) in [6, 6.07) is 6.58. The van der Waals surface area contributed by atoms with Gasteiger partial charge in [0.15, 0.2) is 0 Å². The molecule has 1 atom stereocenters. The second kappa shape index (κ2) is 5.58. The van der Waals surface area contributed by atoms with Crippen molar-refractivity contribution in [1.82, 2.24) is 0 Å². The first kappa shape index (κ1) is 12.6. The van der Waals surface area contributed by atoms with Crippen LogP contribution in [-0.2, 0) is 0 Å². The van der Waals surface area contributed by atoms with Crippen molar-refractivity contribution in [3.05, 3.63) is 21.8 Å². The predicted octanol–water partition coefficient (Wildman–Crippen LogP) is 3.72. The van der Waals surface area contributed by atoms with E-state index in [1.807, 2.05) is 12.1 Å². The molecule has 1 unspecified atom stereocenters. The molecular formula is C12H19IN2. The zero-order valence-electron chi connectivity index (χ0n) is 9.55. The van der Waals surface area contributed by atoms with Crippen molar-refractivity contribution in [2.24, 2.45) is 5.92 Å². The summed E-state index contributed by atoms with van der Waals surface area (Å²) in [6.45, 7) is 6.66. The maximum Gasteiger partial charge on any atom is 0.0576 e. The van der Waals surface area contributed by atoms with Gasteiger partial charge in [-0.3, -0.25) is 0 Å². The van der Waals surface area contributed by atoms with E-state index in [1.54, 1.807) is 0 Å². The Morgan fingerprint density at radius 3 is 2.53 bits per heavy atom. The van der Waals surface area contributed by atoms with E-state index in [0.717, 1.165) is 17.8 Å². The number of hydrogen-bond donors (Lipinski definition) is 2. The van der Waals surface area contributed by atoms with Crippen molar-refractivity contribution < 1.29 is 0 Å². The summed E-state index contributed by atoms with van der Waals surface area (Å²) < 4.78 is 1.17. The molecular weight excluding hydrogens is 299 g/mol. The molecule has 0 saturated carbocycles. The molecule has 1 aromatic carbocycles. The van der Waals surface area contributed by atoms with Crippen LogP contribution < -0.4 is 11.1 Å². The van der Waals surface area contributed by atoms with E-state index in [0.29, 0.717) is 12.0 Å². The third-order valence-electron chi connectivity index (χ3n) is 2.24. The Morgan fingerprint density at radius 2 is 2.00 bits per heavy atom. The van der Waals surface area contributed by atoms with Gasteiger partial charge in [-0.15, -0.1) is 0 Å². The number of benzene rings is 1. The number of nitrogens with one attached hydrogen (secondary N) is 1. The Morgan fingerprint density at radius 1 is 1.33 bits per heavy atom. The third-order valence-corrected chi connectivity index (χ3v) is 2.91. The first-order valence-corrected chi connectivity index (χ1v) is 6.38. The summed E-state index contributed by atoms with van der Waals surface area (Å²) in [5.74, 6) is 0.706. The highest BCUT2D eigenvalue weighted by atomic mass is 127. The minimum Gasteiger partial charge on any atom is -0.397 e. The van der Waals surface area contributed by atoms with E-state index < -0.39 is 0 Å². The van der Waals surface area contributed by atoms with Crippen molar-refractivity contribution in [1.29, 1.82) is 0 Å². The summed E-state index contributed by atoms with van der Waals surface area (Å²) >= 11 is 2.27. The van der Waals surface area contributed by atoms with E-state index >= 15 is 0 Å². The van der Waals surface area contributed by atoms with Crippen molar-refractivity contribution in [2.75, 3.05) is 11.1 Å². The van der Waals surface area contributed by atoms with E-state index in [4.69, 9.17) is 5.73 Å². The zero-order chi connectivity index (χ0) is 11.4. The normalized spacial score (nSPS) is 12.9. The molecule has 3 heteroatoms. The van der Waals surface area contributed by atoms with Gasteiger partial charge in [-0.25, -0.2) is 0 Å². The molecule has 0 aliphatic carbocycles. The lowest BCUT2D eigenvalue weighted by molar-refractivity contribution is 0.540. The van der Waals surface area contributed by atoms with Gasteiger partial charge in [-0.05, 0) is 60.1 Å². The average molecular weight is 318 g/mol. The molecule has 0 saturated heterocycles. The van der Waals surface area contributed by atoms with Gasteiger partial charge >= 0.3 is 0 Å². The molecule has 0 radical (unpaired) electrons. The van der Waals surface area contributed by atoms with Crippen molar-refractivity contribution in [3.8, 4) is 0 Å². The molecule has 1 aromatic rings. The number of hydrogen-bond acceptors (Lipinski definition) is 2. The first-order chi connectivity index (χ1) is 6.99. The van der Waals surface area contributed by atoms with E-state index in [-0.39, 0.29) is 0 Å². The summed E-state index contributed by atoms with van der Waals surface area (Å²) in [7, 11) is 0. The van der Waals surface area contributed by atoms with Crippen LogP contribution in [0.4, 0.5) is 11.4 Å². The molecule has 0 bridgehead atoms. The van der Waals surface area contributed by atoms with Gasteiger partial charge in [-0.1, -0.05) is 13.8 Å². The van der Waals surface area contributed by atoms with Gasteiger partial charge in [-0.2, -0.15) is 0 Å². The molecule has 1 rings (SSSR count). The van der Waals surface area contributed by atoms with Gasteiger partial charge in [0.1, 0.15) is 0 Å². The molecule has 0 fully saturated rings. The Bertz CT molecular complexity index is 323. The molecule has 0 aromatic heterocycles. The number of anilines is 2. The van der Waals surface area contributed by atoms with Crippen LogP contribution in [0.3, 0.4) is 0 Å². The van der Waals surface area contributed by atoms with Crippen molar-refractivity contribution >= 4 is 34.0 Å². The van der Waals surface area contributed by atoms with E-state index in [1.165, 1.54) is 3.57 Å². The molecule has 0 aliphatic rings. The first-order valence-electron chi connectivity index (χ1n) is 5.30. The summed E-state index contributed by atoms with van der Waals surface area (Å²) in [4.78, 5) is 0. The Labute approximate surface area is 106 Å². The maximum absolute atomic E-state index is 5.93. The summed E-state index contributed by atoms with van der Waals surface area (Å²) in [5, 5.41) is 3.44. The standard InChI is InChI=1S/C12H19IN2/c1-8(2)6-9(3)15-12-5-4-10(13)7-11(12)14/h4-5,7-9,15H,6,14H2,1-3H3. The van der Waals surface area contributed by atoms with Crippen LogP contribution in [0.15, 0.2) is 18.2 Å². The molecule has 0 spiro atoms. The topological polar surface area (TPSA) is 38.0 Å². The monoisotopic (exact) mass is 318 g/mol. The second-order valence-electron chi connectivity index (χ2n) is 4.41. The lowest BCUT2D eigenvalue weighted by Crippen LogP contribution is -2.18. The van der Waals surface area contributed by atoms with Crippen molar-refractivity contribution in [3.63, 3.8) is 0 Å². The molecule has 3 N–H and O–H groups in total. The fourth-order valence-corrected chi connectivity index (χ4v) is 2.21. The molecule has 15 heavy (non-hydrogen) atoms. The Balaban J connectivity index is 2.64. The minimum absolute atomic E-state index is 0.465. The number of nitrogen functional groups attached to an aromatic ring is 1. The van der Waals surface area contributed by atoms with Crippen LogP contribution in [0, 0.1) is 9.49 Å².